The molecule has 1 atom stereocenters. The van der Waals surface area contributed by atoms with Crippen LogP contribution in [-0.4, -0.2) is 0 Å². The molecule has 0 spiro atoms. The first-order valence-electron chi connectivity index (χ1n) is 12.5. The lowest BCUT2D eigenvalue weighted by atomic mass is 9.81. The summed E-state index contributed by atoms with van der Waals surface area (Å²) in [5.41, 5.74) is 8.91. The summed E-state index contributed by atoms with van der Waals surface area (Å²) < 4.78 is 17.6. The molecule has 0 amide bonds. The van der Waals surface area contributed by atoms with Crippen molar-refractivity contribution in [2.45, 2.75) is 32.1 Å². The van der Waals surface area contributed by atoms with Crippen molar-refractivity contribution in [1.29, 1.82) is 0 Å². The number of hydrogen-bond donors (Lipinski definition) is 0. The number of aryl methyl sites for hydroxylation is 2. The number of hydrogen-bond acceptors (Lipinski definition) is 1. The standard InChI is InChI=1S/C31H28NO/c1-19-7-12-26-25-5-3-4-6-29(25)33-31(26)30(19)28-18-23(13-14-32(28)2)21-8-10-22(11-9-21)27-17-20-15-24(27)16-20/h3-14,18,20,24,27H,15-17H2,1-2H3/q+1/i27D. The minimum Gasteiger partial charge on any atom is -0.455 e. The second kappa shape index (κ2) is 7.05. The number of para-hydroxylation sites is 1. The van der Waals surface area contributed by atoms with Crippen LogP contribution >= 0.6 is 0 Å². The Kier molecular flexibility index (Phi) is 3.86. The molecule has 2 aromatic heterocycles. The van der Waals surface area contributed by atoms with Gasteiger partial charge in [0.05, 0.1) is 5.56 Å². The maximum absolute atomic E-state index is 9.05. The lowest BCUT2D eigenvalue weighted by molar-refractivity contribution is -0.660. The molecule has 33 heavy (non-hydrogen) atoms. The van der Waals surface area contributed by atoms with Gasteiger partial charge in [-0.3, -0.25) is 0 Å². The number of aromatic nitrogens is 1. The molecule has 3 aromatic carbocycles. The lowest BCUT2D eigenvalue weighted by Gasteiger charge is -2.24. The van der Waals surface area contributed by atoms with Gasteiger partial charge < -0.3 is 4.42 Å². The van der Waals surface area contributed by atoms with Crippen molar-refractivity contribution in [2.75, 3.05) is 0 Å². The van der Waals surface area contributed by atoms with Crippen LogP contribution in [0, 0.1) is 18.8 Å². The number of nitrogens with zero attached hydrogens (tertiary/aromatic N) is 1. The summed E-state index contributed by atoms with van der Waals surface area (Å²) in [5, 5.41) is 2.31. The van der Waals surface area contributed by atoms with Crippen LogP contribution < -0.4 is 4.57 Å². The monoisotopic (exact) mass is 431 g/mol. The Morgan fingerprint density at radius 3 is 2.48 bits per heavy atom. The van der Waals surface area contributed by atoms with Crippen molar-refractivity contribution in [3.05, 3.63) is 90.1 Å². The molecule has 0 aliphatic heterocycles. The van der Waals surface area contributed by atoms with Gasteiger partial charge in [-0.2, -0.15) is 0 Å². The normalized spacial score (nSPS) is 24.2. The van der Waals surface area contributed by atoms with Crippen LogP contribution in [0.1, 0.15) is 37.7 Å². The van der Waals surface area contributed by atoms with Gasteiger partial charge in [0.25, 0.3) is 0 Å². The highest BCUT2D eigenvalue weighted by Crippen LogP contribution is 2.56. The number of rotatable bonds is 3. The summed E-state index contributed by atoms with van der Waals surface area (Å²) in [4.78, 5) is 0. The Balaban J connectivity index is 1.34. The molecule has 3 fully saturated rings. The molecule has 8 rings (SSSR count). The highest BCUT2D eigenvalue weighted by Gasteiger charge is 2.44. The van der Waals surface area contributed by atoms with Gasteiger partial charge in [0.1, 0.15) is 18.2 Å². The quantitative estimate of drug-likeness (QED) is 0.269. The third kappa shape index (κ3) is 2.90. The van der Waals surface area contributed by atoms with Crippen molar-refractivity contribution in [2.24, 2.45) is 18.9 Å². The van der Waals surface area contributed by atoms with Crippen molar-refractivity contribution >= 4 is 21.9 Å². The van der Waals surface area contributed by atoms with E-state index < -0.39 is 0 Å². The minimum atomic E-state index is -0.370. The first-order valence-corrected chi connectivity index (χ1v) is 12.0. The minimum absolute atomic E-state index is 0.370. The van der Waals surface area contributed by atoms with E-state index in [0.717, 1.165) is 45.5 Å². The molecule has 5 aromatic rings. The van der Waals surface area contributed by atoms with E-state index in [-0.39, 0.29) is 5.89 Å². The van der Waals surface area contributed by atoms with E-state index in [1.807, 2.05) is 12.1 Å². The van der Waals surface area contributed by atoms with Crippen LogP contribution in [0.3, 0.4) is 0 Å². The fourth-order valence-corrected chi connectivity index (χ4v) is 6.10. The van der Waals surface area contributed by atoms with Crippen molar-refractivity contribution in [3.8, 4) is 22.4 Å². The molecule has 2 bridgehead atoms. The fourth-order valence-electron chi connectivity index (χ4n) is 6.10. The smallest absolute Gasteiger partial charge is 0.216 e. The third-order valence-electron chi connectivity index (χ3n) is 7.99. The Labute approximate surface area is 195 Å². The van der Waals surface area contributed by atoms with E-state index in [4.69, 9.17) is 5.79 Å². The fraction of sp³-hybridized carbons (Fsp3) is 0.258. The predicted octanol–water partition coefficient (Wildman–Crippen LogP) is 7.57. The molecule has 0 radical (unpaired) electrons. The summed E-state index contributed by atoms with van der Waals surface area (Å²) in [6.45, 7) is 2.16. The maximum atomic E-state index is 9.05. The average molecular weight is 432 g/mol. The van der Waals surface area contributed by atoms with Gasteiger partial charge in [-0.05, 0) is 72.2 Å². The van der Waals surface area contributed by atoms with E-state index in [0.29, 0.717) is 5.92 Å². The van der Waals surface area contributed by atoms with Crippen LogP contribution in [0.25, 0.3) is 44.3 Å². The molecule has 2 heteroatoms. The molecule has 2 heterocycles. The van der Waals surface area contributed by atoms with Crippen molar-refractivity contribution in [1.82, 2.24) is 0 Å². The Morgan fingerprint density at radius 1 is 0.879 bits per heavy atom. The average Bonchev–Trinajstić information content (AvgIpc) is 3.48. The van der Waals surface area contributed by atoms with Crippen LogP contribution in [-0.2, 0) is 7.05 Å². The molecule has 3 saturated carbocycles. The molecule has 3 aliphatic carbocycles. The second-order valence-electron chi connectivity index (χ2n) is 9.98. The Bertz CT molecular complexity index is 1580. The van der Waals surface area contributed by atoms with E-state index in [1.54, 1.807) is 0 Å². The molecule has 1 unspecified atom stereocenters. The summed E-state index contributed by atoms with van der Waals surface area (Å²) in [7, 11) is 2.10. The highest BCUT2D eigenvalue weighted by molar-refractivity contribution is 6.09. The van der Waals surface area contributed by atoms with E-state index in [1.165, 1.54) is 35.1 Å². The Morgan fingerprint density at radius 2 is 1.70 bits per heavy atom. The largest absolute Gasteiger partial charge is 0.455 e. The number of pyridine rings is 1. The molecule has 0 N–H and O–H groups in total. The predicted molar refractivity (Wildman–Crippen MR) is 134 cm³/mol. The Hall–Kier alpha value is -3.39. The van der Waals surface area contributed by atoms with Crippen LogP contribution in [0.5, 0.6) is 0 Å². The van der Waals surface area contributed by atoms with E-state index in [2.05, 4.69) is 85.4 Å². The van der Waals surface area contributed by atoms with E-state index in [9.17, 15) is 0 Å². The third-order valence-corrected chi connectivity index (χ3v) is 7.99. The zero-order chi connectivity index (χ0) is 23.0. The molecular weight excluding hydrogens is 402 g/mol. The van der Waals surface area contributed by atoms with Gasteiger partial charge in [-0.1, -0.05) is 54.6 Å². The first-order chi connectivity index (χ1) is 16.5. The molecule has 162 valence electrons. The zero-order valence-corrected chi connectivity index (χ0v) is 19.1. The molecular formula is C31H28NO+. The van der Waals surface area contributed by atoms with Gasteiger partial charge in [0, 0.05) is 24.3 Å². The summed E-state index contributed by atoms with van der Waals surface area (Å²) in [6.07, 6.45) is 5.66. The maximum Gasteiger partial charge on any atom is 0.216 e. The SMILES string of the molecule is [2H]C1(c2ccc(-c3cc[n+](C)c(-c4c(C)ccc5c4oc4ccccc45)c3)cc2)CC2CC1C2. The van der Waals surface area contributed by atoms with Gasteiger partial charge in [-0.15, -0.1) is 0 Å². The summed E-state index contributed by atoms with van der Waals surface area (Å²) in [5.74, 6) is 0.965. The number of fused-ring (bicyclic) bond motifs is 4. The number of furan rings is 1. The van der Waals surface area contributed by atoms with E-state index >= 15 is 0 Å². The van der Waals surface area contributed by atoms with Crippen molar-refractivity contribution < 1.29 is 10.4 Å². The van der Waals surface area contributed by atoms with Gasteiger partial charge >= 0.3 is 0 Å². The second-order valence-corrected chi connectivity index (χ2v) is 9.98. The molecule has 0 saturated heterocycles. The highest BCUT2D eigenvalue weighted by atomic mass is 16.3. The van der Waals surface area contributed by atoms with Gasteiger partial charge in [-0.25, -0.2) is 4.57 Å². The van der Waals surface area contributed by atoms with Crippen molar-refractivity contribution in [3.63, 3.8) is 0 Å². The summed E-state index contributed by atoms with van der Waals surface area (Å²) in [6, 6.07) is 25.9. The van der Waals surface area contributed by atoms with Crippen LogP contribution in [0.15, 0.2) is 83.4 Å². The molecule has 2 nitrogen and oxygen atoms in total. The lowest BCUT2D eigenvalue weighted by Crippen LogP contribution is -2.30. The molecule has 3 aliphatic rings. The van der Waals surface area contributed by atoms with Gasteiger partial charge in [0.15, 0.2) is 6.20 Å². The number of benzene rings is 3. The summed E-state index contributed by atoms with van der Waals surface area (Å²) >= 11 is 0. The van der Waals surface area contributed by atoms with Crippen LogP contribution in [0.2, 0.25) is 0 Å². The van der Waals surface area contributed by atoms with Gasteiger partial charge in [0.2, 0.25) is 5.69 Å². The zero-order valence-electron chi connectivity index (χ0n) is 20.1. The first kappa shape index (κ1) is 18.1. The van der Waals surface area contributed by atoms with Crippen LogP contribution in [0.4, 0.5) is 0 Å². The topological polar surface area (TPSA) is 17.0 Å².